The summed E-state index contributed by atoms with van der Waals surface area (Å²) in [5.74, 6) is 0. The summed E-state index contributed by atoms with van der Waals surface area (Å²) in [6.07, 6.45) is 0. The lowest BCUT2D eigenvalue weighted by Gasteiger charge is -2.18. The molecule has 0 aliphatic carbocycles. The molecule has 0 saturated heterocycles. The predicted molar refractivity (Wildman–Crippen MR) is 371 cm³/mol. The van der Waals surface area contributed by atoms with Crippen molar-refractivity contribution >= 4 is 93.7 Å². The third-order valence-corrected chi connectivity index (χ3v) is 16.9. The Bertz CT molecular complexity index is 5060. The van der Waals surface area contributed by atoms with E-state index >= 15 is 0 Å². The van der Waals surface area contributed by atoms with E-state index in [9.17, 15) is 10.0 Å². The summed E-state index contributed by atoms with van der Waals surface area (Å²) >= 11 is 3.79. The zero-order valence-electron chi connectivity index (χ0n) is 47.7. The van der Waals surface area contributed by atoms with Gasteiger partial charge in [0, 0.05) is 26.7 Å². The van der Waals surface area contributed by atoms with E-state index in [0.29, 0.717) is 5.46 Å². The van der Waals surface area contributed by atoms with Gasteiger partial charge in [-0.05, 0) is 122 Å². The molecule has 0 aliphatic heterocycles. The second-order valence-electron chi connectivity index (χ2n) is 21.5. The van der Waals surface area contributed by atoms with E-state index in [1.807, 2.05) is 97.1 Å². The Morgan fingerprint density at radius 3 is 0.716 bits per heavy atom. The summed E-state index contributed by atoms with van der Waals surface area (Å²) < 4.78 is 1.17. The fraction of sp³-hybridized carbons (Fsp3) is 0. The number of nitrogens with zero attached hydrogens (tertiary/aromatic N) is 4. The average Bonchev–Trinajstić information content (AvgIpc) is 0.891. The molecule has 0 bridgehead atoms. The molecule has 0 saturated carbocycles. The van der Waals surface area contributed by atoms with Crippen molar-refractivity contribution in [3.63, 3.8) is 0 Å². The van der Waals surface area contributed by atoms with Crippen LogP contribution in [0.25, 0.3) is 144 Å². The molecule has 0 atom stereocenters. The maximum absolute atomic E-state index is 9.29. The molecular formula is C80H54BBrN4O2. The molecule has 2 N–H and O–H groups in total. The number of benzene rings is 14. The van der Waals surface area contributed by atoms with Crippen molar-refractivity contribution in [2.45, 2.75) is 0 Å². The molecule has 0 aliphatic rings. The molecule has 16 rings (SSSR count). The van der Waals surface area contributed by atoms with E-state index in [-0.39, 0.29) is 0 Å². The zero-order chi connectivity index (χ0) is 59.3. The number of para-hydroxylation sites is 4. The second kappa shape index (κ2) is 24.7. The average molecular weight is 1190 g/mol. The summed E-state index contributed by atoms with van der Waals surface area (Å²) in [4.78, 5) is 19.8. The van der Waals surface area contributed by atoms with Crippen molar-refractivity contribution < 1.29 is 10.0 Å². The molecule has 0 amide bonds. The first kappa shape index (κ1) is 55.2. The molecule has 2 heterocycles. The van der Waals surface area contributed by atoms with Crippen molar-refractivity contribution in [3.8, 4) is 78.4 Å². The molecule has 8 heteroatoms. The molecule has 0 unspecified atom stereocenters. The van der Waals surface area contributed by atoms with Crippen LogP contribution in [-0.2, 0) is 0 Å². The van der Waals surface area contributed by atoms with E-state index in [2.05, 4.69) is 222 Å². The summed E-state index contributed by atoms with van der Waals surface area (Å²) in [7, 11) is -1.48. The normalized spacial score (nSPS) is 11.1. The molecule has 0 fully saturated rings. The lowest BCUT2D eigenvalue weighted by atomic mass is 9.80. The van der Waals surface area contributed by atoms with Crippen molar-refractivity contribution in [1.29, 1.82) is 0 Å². The van der Waals surface area contributed by atoms with Crippen molar-refractivity contribution in [2.75, 3.05) is 0 Å². The Labute approximate surface area is 518 Å². The highest BCUT2D eigenvalue weighted by Crippen LogP contribution is 2.45. The molecule has 2 aromatic heterocycles. The number of aromatic nitrogens is 4. The van der Waals surface area contributed by atoms with Crippen LogP contribution in [0.3, 0.4) is 0 Å². The van der Waals surface area contributed by atoms with Crippen LogP contribution < -0.4 is 5.46 Å². The van der Waals surface area contributed by atoms with E-state index in [1.54, 1.807) is 12.1 Å². The Morgan fingerprint density at radius 1 is 0.216 bits per heavy atom. The van der Waals surface area contributed by atoms with Gasteiger partial charge in [0.1, 0.15) is 0 Å². The van der Waals surface area contributed by atoms with Gasteiger partial charge in [-0.1, -0.05) is 291 Å². The molecular weight excluding hydrogens is 1140 g/mol. The van der Waals surface area contributed by atoms with Gasteiger partial charge in [-0.2, -0.15) is 0 Å². The smallest absolute Gasteiger partial charge is 0.423 e. The van der Waals surface area contributed by atoms with E-state index in [0.717, 1.165) is 67.1 Å². The minimum absolute atomic E-state index is 0.443. The number of rotatable bonds is 8. The highest BCUT2D eigenvalue weighted by Gasteiger charge is 2.20. The quantitative estimate of drug-likeness (QED) is 0.116. The van der Waals surface area contributed by atoms with Crippen LogP contribution in [0.2, 0.25) is 0 Å². The molecule has 6 nitrogen and oxygen atoms in total. The molecule has 0 spiro atoms. The third-order valence-electron chi connectivity index (χ3n) is 16.1. The van der Waals surface area contributed by atoms with Crippen LogP contribution in [0, 0.1) is 0 Å². The maximum atomic E-state index is 9.29. The van der Waals surface area contributed by atoms with Crippen LogP contribution in [-0.4, -0.2) is 37.1 Å². The molecule has 88 heavy (non-hydrogen) atoms. The van der Waals surface area contributed by atoms with Crippen LogP contribution >= 0.6 is 15.9 Å². The highest BCUT2D eigenvalue weighted by molar-refractivity contribution is 9.10. The molecule has 0 radical (unpaired) electrons. The van der Waals surface area contributed by atoms with Gasteiger partial charge in [-0.15, -0.1) is 0 Å². The fourth-order valence-electron chi connectivity index (χ4n) is 12.0. The van der Waals surface area contributed by atoms with Gasteiger partial charge in [-0.25, -0.2) is 19.9 Å². The van der Waals surface area contributed by atoms with Gasteiger partial charge in [-0.3, -0.25) is 0 Å². The second-order valence-corrected chi connectivity index (χ2v) is 22.3. The Hall–Kier alpha value is -10.7. The van der Waals surface area contributed by atoms with Crippen LogP contribution in [0.15, 0.2) is 320 Å². The Kier molecular flexibility index (Phi) is 15.5. The third kappa shape index (κ3) is 10.9. The van der Waals surface area contributed by atoms with Crippen molar-refractivity contribution in [2.24, 2.45) is 0 Å². The highest BCUT2D eigenvalue weighted by atomic mass is 79.9. The number of hydrogen-bond donors (Lipinski definition) is 2. The largest absolute Gasteiger partial charge is 0.488 e. The number of fused-ring (bicyclic) bond motifs is 6. The summed E-state index contributed by atoms with van der Waals surface area (Å²) in [5, 5.41) is 28.7. The van der Waals surface area contributed by atoms with Crippen molar-refractivity contribution in [3.05, 3.63) is 320 Å². The number of halogens is 1. The first-order valence-electron chi connectivity index (χ1n) is 29.3. The first-order chi connectivity index (χ1) is 43.4. The van der Waals surface area contributed by atoms with Crippen molar-refractivity contribution in [1.82, 2.24) is 19.9 Å². The monoisotopic (exact) mass is 1190 g/mol. The zero-order valence-corrected chi connectivity index (χ0v) is 49.2. The van der Waals surface area contributed by atoms with Gasteiger partial charge in [0.15, 0.2) is 0 Å². The summed E-state index contributed by atoms with van der Waals surface area (Å²) in [6, 6.07) is 108. The van der Waals surface area contributed by atoms with Crippen LogP contribution in [0.1, 0.15) is 0 Å². The Morgan fingerprint density at radius 2 is 0.420 bits per heavy atom. The van der Waals surface area contributed by atoms with Gasteiger partial charge in [0.25, 0.3) is 0 Å². The maximum Gasteiger partial charge on any atom is 0.488 e. The van der Waals surface area contributed by atoms with Crippen LogP contribution in [0.5, 0.6) is 0 Å². The summed E-state index contributed by atoms with van der Waals surface area (Å²) in [5.41, 5.74) is 18.7. The van der Waals surface area contributed by atoms with Gasteiger partial charge < -0.3 is 10.0 Å². The minimum atomic E-state index is -1.48. The van der Waals surface area contributed by atoms with Gasteiger partial charge in [0.05, 0.1) is 44.8 Å². The molecule has 16 aromatic rings. The van der Waals surface area contributed by atoms with E-state index < -0.39 is 7.12 Å². The predicted octanol–water partition coefficient (Wildman–Crippen LogP) is 19.7. The van der Waals surface area contributed by atoms with Crippen LogP contribution in [0.4, 0.5) is 0 Å². The van der Waals surface area contributed by atoms with E-state index in [4.69, 9.17) is 19.9 Å². The fourth-order valence-corrected chi connectivity index (χ4v) is 12.6. The lowest BCUT2D eigenvalue weighted by molar-refractivity contribution is 0.426. The van der Waals surface area contributed by atoms with Gasteiger partial charge >= 0.3 is 7.12 Å². The standard InChI is InChI=1S/C40H26N2.C20H15BN2O2.C20H13Br/c1-3-13-27(14-4-1)37-31-17-7-9-19-33(31)38(34-20-10-8-18-32(34)37)28-23-25-30(26-24-28)40-39(29-15-5-2-6-16-29)41-35-21-11-12-22-36(35)42-40;24-21(25)16-12-10-15(11-13-16)20-19(14-6-2-1-3-7-14)22-17-8-4-5-9-18(17)23-20;21-20-17-12-6-4-10-15(17)19(14-8-2-1-3-9-14)16-11-5-7-13-18(16)20/h1-26H;1-13,24-25H;1-13H. The SMILES string of the molecule is Brc1c2ccccc2c(-c2ccccc2)c2ccccc12.OB(O)c1ccc(-c2nc3ccccc3nc2-c2ccccc2)cc1.c1ccc(-c2nc3ccccc3nc2-c2ccc(-c3c4ccccc4c(-c4ccccc4)c4ccccc34)cc2)cc1. The number of hydrogen-bond acceptors (Lipinski definition) is 6. The molecule has 14 aromatic carbocycles. The first-order valence-corrected chi connectivity index (χ1v) is 30.1. The van der Waals surface area contributed by atoms with E-state index in [1.165, 1.54) is 80.9 Å². The minimum Gasteiger partial charge on any atom is -0.423 e. The summed E-state index contributed by atoms with van der Waals surface area (Å²) in [6.45, 7) is 0. The molecule has 416 valence electrons. The van der Waals surface area contributed by atoms with Gasteiger partial charge in [0.2, 0.25) is 0 Å². The lowest BCUT2D eigenvalue weighted by Crippen LogP contribution is -2.29. The Balaban J connectivity index is 0.000000126. The topological polar surface area (TPSA) is 92.0 Å².